The molecule has 0 unspecified atom stereocenters. The van der Waals surface area contributed by atoms with Crippen LogP contribution in [0.5, 0.6) is 0 Å². The van der Waals surface area contributed by atoms with Crippen molar-refractivity contribution < 1.29 is 0 Å². The molecule has 0 aliphatic heterocycles. The summed E-state index contributed by atoms with van der Waals surface area (Å²) in [5.41, 5.74) is 1.06. The van der Waals surface area contributed by atoms with Crippen LogP contribution in [0.2, 0.25) is 0 Å². The van der Waals surface area contributed by atoms with E-state index in [2.05, 4.69) is 20.9 Å². The second kappa shape index (κ2) is 4.52. The second-order valence-electron chi connectivity index (χ2n) is 1.97. The molecule has 1 aromatic heterocycles. The van der Waals surface area contributed by atoms with E-state index in [1.807, 2.05) is 24.3 Å². The third-order valence-electron chi connectivity index (χ3n) is 1.15. The quantitative estimate of drug-likeness (QED) is 0.564. The van der Waals surface area contributed by atoms with E-state index in [1.54, 1.807) is 6.20 Å². The first-order valence-corrected chi connectivity index (χ1v) is 4.50. The van der Waals surface area contributed by atoms with Crippen molar-refractivity contribution in [3.8, 4) is 0 Å². The van der Waals surface area contributed by atoms with Crippen molar-refractivity contribution in [2.24, 2.45) is 0 Å². The maximum Gasteiger partial charge on any atom is 0.106 e. The minimum absolute atomic E-state index is 0.538. The average Bonchev–Trinajstić information content (AvgIpc) is 2.04. The van der Waals surface area contributed by atoms with Gasteiger partial charge in [-0.05, 0) is 27.6 Å². The van der Waals surface area contributed by atoms with E-state index in [-0.39, 0.29) is 0 Å². The first-order valence-electron chi connectivity index (χ1n) is 3.17. The number of pyridine rings is 1. The molecule has 1 rings (SSSR count). The van der Waals surface area contributed by atoms with Gasteiger partial charge >= 0.3 is 0 Å². The highest BCUT2D eigenvalue weighted by Gasteiger charge is 1.86. The number of hydrogen-bond donors (Lipinski definition) is 0. The van der Waals surface area contributed by atoms with E-state index in [0.717, 1.165) is 10.2 Å². The molecule has 0 N–H and O–H groups in total. The zero-order valence-electron chi connectivity index (χ0n) is 5.80. The van der Waals surface area contributed by atoms with Gasteiger partial charge in [0.15, 0.2) is 0 Å². The Morgan fingerprint density at radius 1 is 1.55 bits per heavy atom. The lowest BCUT2D eigenvalue weighted by Gasteiger charge is -1.91. The lowest BCUT2D eigenvalue weighted by atomic mass is 10.3. The zero-order chi connectivity index (χ0) is 8.10. The molecule has 1 heterocycles. The average molecular weight is 233 g/mol. The predicted octanol–water partition coefficient (Wildman–Crippen LogP) is 3.10. The van der Waals surface area contributed by atoms with Gasteiger partial charge in [-0.1, -0.05) is 18.2 Å². The molecule has 0 fully saturated rings. The van der Waals surface area contributed by atoms with E-state index in [4.69, 9.17) is 11.6 Å². The Kier molecular flexibility index (Phi) is 3.60. The summed E-state index contributed by atoms with van der Waals surface area (Å²) in [7, 11) is 0. The van der Waals surface area contributed by atoms with Gasteiger partial charge in [0.05, 0.1) is 0 Å². The Hall–Kier alpha value is -0.340. The molecule has 58 valence electrons. The van der Waals surface area contributed by atoms with Crippen LogP contribution in [0.15, 0.2) is 29.0 Å². The fourth-order valence-electron chi connectivity index (χ4n) is 0.666. The minimum atomic E-state index is 0.538. The SMILES string of the molecule is ClCC=Cc1ccc(Br)nc1. The van der Waals surface area contributed by atoms with Gasteiger partial charge in [-0.3, -0.25) is 0 Å². The second-order valence-corrected chi connectivity index (χ2v) is 3.09. The molecule has 11 heavy (non-hydrogen) atoms. The molecule has 0 amide bonds. The largest absolute Gasteiger partial charge is 0.249 e. The number of halogens is 2. The van der Waals surface area contributed by atoms with Crippen LogP contribution in [-0.2, 0) is 0 Å². The van der Waals surface area contributed by atoms with Gasteiger partial charge < -0.3 is 0 Å². The Balaban J connectivity index is 2.73. The summed E-state index contributed by atoms with van der Waals surface area (Å²) in [6, 6.07) is 3.87. The summed E-state index contributed by atoms with van der Waals surface area (Å²) < 4.78 is 0.848. The highest BCUT2D eigenvalue weighted by Crippen LogP contribution is 2.07. The van der Waals surface area contributed by atoms with Crippen LogP contribution in [0.25, 0.3) is 6.08 Å². The molecule has 0 aliphatic carbocycles. The van der Waals surface area contributed by atoms with Gasteiger partial charge in [0.1, 0.15) is 4.60 Å². The highest BCUT2D eigenvalue weighted by molar-refractivity contribution is 9.10. The predicted molar refractivity (Wildman–Crippen MR) is 51.7 cm³/mol. The summed E-state index contributed by atoms with van der Waals surface area (Å²) in [5.74, 6) is 0.538. The van der Waals surface area contributed by atoms with Crippen molar-refractivity contribution in [1.29, 1.82) is 0 Å². The molecule has 0 bridgehead atoms. The third-order valence-corrected chi connectivity index (χ3v) is 1.80. The Bertz CT molecular complexity index is 243. The number of rotatable bonds is 2. The first kappa shape index (κ1) is 8.75. The zero-order valence-corrected chi connectivity index (χ0v) is 8.14. The van der Waals surface area contributed by atoms with Gasteiger partial charge in [0.2, 0.25) is 0 Å². The van der Waals surface area contributed by atoms with Crippen LogP contribution in [0.1, 0.15) is 5.56 Å². The van der Waals surface area contributed by atoms with Crippen LogP contribution in [0.3, 0.4) is 0 Å². The van der Waals surface area contributed by atoms with E-state index in [9.17, 15) is 0 Å². The Morgan fingerprint density at radius 3 is 2.91 bits per heavy atom. The normalized spacial score (nSPS) is 10.7. The van der Waals surface area contributed by atoms with Crippen LogP contribution >= 0.6 is 27.5 Å². The van der Waals surface area contributed by atoms with E-state index >= 15 is 0 Å². The van der Waals surface area contributed by atoms with Crippen molar-refractivity contribution >= 4 is 33.6 Å². The molecule has 0 aliphatic rings. The van der Waals surface area contributed by atoms with Crippen LogP contribution < -0.4 is 0 Å². The van der Waals surface area contributed by atoms with Crippen LogP contribution in [0.4, 0.5) is 0 Å². The van der Waals surface area contributed by atoms with Crippen LogP contribution in [0, 0.1) is 0 Å². The fraction of sp³-hybridized carbons (Fsp3) is 0.125. The Labute approximate surface area is 79.2 Å². The summed E-state index contributed by atoms with van der Waals surface area (Å²) >= 11 is 8.72. The molecule has 3 heteroatoms. The molecule has 0 saturated heterocycles. The molecule has 0 saturated carbocycles. The molecule has 0 radical (unpaired) electrons. The summed E-state index contributed by atoms with van der Waals surface area (Å²) in [6.07, 6.45) is 5.60. The molecular formula is C8H7BrClN. The van der Waals surface area contributed by atoms with Gasteiger partial charge in [-0.15, -0.1) is 11.6 Å². The Morgan fingerprint density at radius 2 is 2.36 bits per heavy atom. The van der Waals surface area contributed by atoms with Gasteiger partial charge in [0, 0.05) is 12.1 Å². The molecular weight excluding hydrogens is 225 g/mol. The van der Waals surface area contributed by atoms with E-state index in [0.29, 0.717) is 5.88 Å². The van der Waals surface area contributed by atoms with E-state index < -0.39 is 0 Å². The number of allylic oxidation sites excluding steroid dienone is 1. The summed E-state index contributed by atoms with van der Waals surface area (Å²) in [6.45, 7) is 0. The lowest BCUT2D eigenvalue weighted by molar-refractivity contribution is 1.27. The summed E-state index contributed by atoms with van der Waals surface area (Å²) in [5, 5.41) is 0. The topological polar surface area (TPSA) is 12.9 Å². The summed E-state index contributed by atoms with van der Waals surface area (Å²) in [4.78, 5) is 4.05. The minimum Gasteiger partial charge on any atom is -0.249 e. The smallest absolute Gasteiger partial charge is 0.106 e. The van der Waals surface area contributed by atoms with Crippen molar-refractivity contribution in [3.63, 3.8) is 0 Å². The molecule has 1 aromatic rings. The molecule has 0 atom stereocenters. The van der Waals surface area contributed by atoms with Gasteiger partial charge in [0.25, 0.3) is 0 Å². The van der Waals surface area contributed by atoms with Gasteiger partial charge in [-0.2, -0.15) is 0 Å². The fourth-order valence-corrected chi connectivity index (χ4v) is 0.990. The van der Waals surface area contributed by atoms with Crippen molar-refractivity contribution in [3.05, 3.63) is 34.6 Å². The van der Waals surface area contributed by atoms with Gasteiger partial charge in [-0.25, -0.2) is 4.98 Å². The maximum atomic E-state index is 5.47. The lowest BCUT2D eigenvalue weighted by Crippen LogP contribution is -1.76. The first-order chi connectivity index (χ1) is 5.33. The number of hydrogen-bond acceptors (Lipinski definition) is 1. The monoisotopic (exact) mass is 231 g/mol. The van der Waals surface area contributed by atoms with Crippen molar-refractivity contribution in [1.82, 2.24) is 4.98 Å². The van der Waals surface area contributed by atoms with E-state index in [1.165, 1.54) is 0 Å². The molecule has 0 spiro atoms. The molecule has 0 aromatic carbocycles. The molecule has 1 nitrogen and oxygen atoms in total. The number of alkyl halides is 1. The number of nitrogens with zero attached hydrogens (tertiary/aromatic N) is 1. The van der Waals surface area contributed by atoms with Crippen LogP contribution in [-0.4, -0.2) is 10.9 Å². The number of aromatic nitrogens is 1. The standard InChI is InChI=1S/C8H7BrClN/c9-8-4-3-7(6-11-8)2-1-5-10/h1-4,6H,5H2. The van der Waals surface area contributed by atoms with Crippen molar-refractivity contribution in [2.45, 2.75) is 0 Å². The highest BCUT2D eigenvalue weighted by atomic mass is 79.9. The third kappa shape index (κ3) is 3.04. The van der Waals surface area contributed by atoms with Crippen molar-refractivity contribution in [2.75, 3.05) is 5.88 Å². The maximum absolute atomic E-state index is 5.47.